The van der Waals surface area contributed by atoms with Crippen molar-refractivity contribution in [2.45, 2.75) is 45.4 Å². The van der Waals surface area contributed by atoms with Crippen molar-refractivity contribution in [2.24, 2.45) is 11.8 Å². The van der Waals surface area contributed by atoms with Gasteiger partial charge in [-0.25, -0.2) is 0 Å². The van der Waals surface area contributed by atoms with Gasteiger partial charge in [0.05, 0.1) is 18.8 Å². The van der Waals surface area contributed by atoms with Crippen LogP contribution in [0.2, 0.25) is 0 Å². The quantitative estimate of drug-likeness (QED) is 0.778. The number of hydrogen-bond acceptors (Lipinski definition) is 3. The molecule has 1 aromatic carbocycles. The van der Waals surface area contributed by atoms with Crippen LogP contribution in [0.3, 0.4) is 0 Å². The summed E-state index contributed by atoms with van der Waals surface area (Å²) in [5.41, 5.74) is 1.08. The van der Waals surface area contributed by atoms with Gasteiger partial charge in [-0.1, -0.05) is 44.2 Å². The Morgan fingerprint density at radius 2 is 1.68 bits per heavy atom. The highest BCUT2D eigenvalue weighted by Crippen LogP contribution is 2.38. The summed E-state index contributed by atoms with van der Waals surface area (Å²) in [6.45, 7) is 7.25. The molecule has 3 rings (SSSR count). The summed E-state index contributed by atoms with van der Waals surface area (Å²) in [7, 11) is 0. The lowest BCUT2D eigenvalue weighted by Crippen LogP contribution is -2.54. The van der Waals surface area contributed by atoms with E-state index >= 15 is 0 Å². The van der Waals surface area contributed by atoms with E-state index in [1.807, 2.05) is 30.3 Å². The Labute approximate surface area is 114 Å². The van der Waals surface area contributed by atoms with Gasteiger partial charge in [-0.2, -0.15) is 0 Å². The third-order valence-electron chi connectivity index (χ3n) is 4.61. The van der Waals surface area contributed by atoms with E-state index in [9.17, 15) is 0 Å². The van der Waals surface area contributed by atoms with Crippen LogP contribution in [0.15, 0.2) is 30.3 Å². The van der Waals surface area contributed by atoms with Crippen molar-refractivity contribution in [3.05, 3.63) is 35.9 Å². The first kappa shape index (κ1) is 13.1. The third-order valence-corrected chi connectivity index (χ3v) is 4.61. The topological polar surface area (TPSA) is 27.7 Å². The molecule has 0 amide bonds. The van der Waals surface area contributed by atoms with Crippen molar-refractivity contribution >= 4 is 0 Å². The Hall–Kier alpha value is -0.900. The average Bonchev–Trinajstić information content (AvgIpc) is 2.46. The monoisotopic (exact) mass is 262 g/mol. The number of fused-ring (bicyclic) bond motifs is 1. The molecular weight excluding hydrogens is 240 g/mol. The van der Waals surface area contributed by atoms with Crippen molar-refractivity contribution < 1.29 is 14.2 Å². The fraction of sp³-hybridized carbons (Fsp3) is 0.625. The van der Waals surface area contributed by atoms with Gasteiger partial charge in [0.25, 0.3) is 0 Å². The highest BCUT2D eigenvalue weighted by atomic mass is 16.7. The van der Waals surface area contributed by atoms with Crippen molar-refractivity contribution in [2.75, 3.05) is 6.61 Å². The molecule has 0 aliphatic carbocycles. The van der Waals surface area contributed by atoms with E-state index < -0.39 is 0 Å². The Morgan fingerprint density at radius 1 is 0.947 bits per heavy atom. The zero-order chi connectivity index (χ0) is 13.4. The summed E-state index contributed by atoms with van der Waals surface area (Å²) >= 11 is 0. The molecule has 104 valence electrons. The number of hydrogen-bond donors (Lipinski definition) is 0. The molecule has 2 heterocycles. The molecule has 0 N–H and O–H groups in total. The molecule has 2 aliphatic rings. The zero-order valence-corrected chi connectivity index (χ0v) is 11.8. The van der Waals surface area contributed by atoms with Crippen LogP contribution in [0.5, 0.6) is 0 Å². The first-order chi connectivity index (χ1) is 9.16. The molecule has 2 fully saturated rings. The molecule has 3 unspecified atom stereocenters. The lowest BCUT2D eigenvalue weighted by molar-refractivity contribution is -0.308. The average molecular weight is 262 g/mol. The Kier molecular flexibility index (Phi) is 3.61. The Balaban J connectivity index is 1.75. The molecule has 1 aromatic rings. The largest absolute Gasteiger partial charge is 0.370 e. The molecule has 19 heavy (non-hydrogen) atoms. The van der Waals surface area contributed by atoms with Crippen molar-refractivity contribution in [3.8, 4) is 0 Å². The van der Waals surface area contributed by atoms with E-state index in [0.29, 0.717) is 18.4 Å². The van der Waals surface area contributed by atoms with Crippen LogP contribution in [0, 0.1) is 11.8 Å². The fourth-order valence-corrected chi connectivity index (χ4v) is 3.04. The highest BCUT2D eigenvalue weighted by Gasteiger charge is 2.44. The number of benzene rings is 1. The van der Waals surface area contributed by atoms with E-state index in [1.165, 1.54) is 0 Å². The third kappa shape index (κ3) is 2.42. The lowest BCUT2D eigenvalue weighted by atomic mass is 9.81. The number of ether oxygens (including phenoxy) is 3. The summed E-state index contributed by atoms with van der Waals surface area (Å²) in [6.07, 6.45) is 0.220. The van der Waals surface area contributed by atoms with Crippen molar-refractivity contribution in [1.29, 1.82) is 0 Å². The van der Waals surface area contributed by atoms with Crippen LogP contribution in [-0.4, -0.2) is 24.9 Å². The number of rotatable bonds is 1. The van der Waals surface area contributed by atoms with Crippen molar-refractivity contribution in [3.63, 3.8) is 0 Å². The first-order valence-electron chi connectivity index (χ1n) is 7.14. The van der Waals surface area contributed by atoms with Crippen LogP contribution in [-0.2, 0) is 14.2 Å². The summed E-state index contributed by atoms with van der Waals surface area (Å²) in [4.78, 5) is 0. The van der Waals surface area contributed by atoms with E-state index in [0.717, 1.165) is 5.56 Å². The maximum atomic E-state index is 6.16. The van der Waals surface area contributed by atoms with Crippen LogP contribution >= 0.6 is 0 Å². The fourth-order valence-electron chi connectivity index (χ4n) is 3.04. The minimum atomic E-state index is -0.255. The second kappa shape index (κ2) is 5.23. The van der Waals surface area contributed by atoms with Gasteiger partial charge in [-0.05, 0) is 18.8 Å². The van der Waals surface area contributed by atoms with Gasteiger partial charge in [-0.3, -0.25) is 0 Å². The zero-order valence-electron chi connectivity index (χ0n) is 11.8. The van der Waals surface area contributed by atoms with E-state index in [-0.39, 0.29) is 24.6 Å². The molecule has 2 saturated heterocycles. The second-order valence-corrected chi connectivity index (χ2v) is 5.77. The highest BCUT2D eigenvalue weighted by molar-refractivity contribution is 5.16. The Morgan fingerprint density at radius 3 is 2.42 bits per heavy atom. The second-order valence-electron chi connectivity index (χ2n) is 5.77. The summed E-state index contributed by atoms with van der Waals surface area (Å²) in [5.74, 6) is 1.000. The smallest absolute Gasteiger partial charge is 0.184 e. The van der Waals surface area contributed by atoms with Gasteiger partial charge in [0.1, 0.15) is 6.10 Å². The molecule has 0 aromatic heterocycles. The van der Waals surface area contributed by atoms with Gasteiger partial charge in [-0.15, -0.1) is 0 Å². The minimum absolute atomic E-state index is 0.0705. The van der Waals surface area contributed by atoms with E-state index in [4.69, 9.17) is 14.2 Å². The minimum Gasteiger partial charge on any atom is -0.370 e. The lowest BCUT2D eigenvalue weighted by Gasteiger charge is -2.47. The van der Waals surface area contributed by atoms with Gasteiger partial charge >= 0.3 is 0 Å². The van der Waals surface area contributed by atoms with Gasteiger partial charge < -0.3 is 14.2 Å². The molecular formula is C16H22O3. The summed E-state index contributed by atoms with van der Waals surface area (Å²) in [6, 6.07) is 10.1. The van der Waals surface area contributed by atoms with Crippen molar-refractivity contribution in [1.82, 2.24) is 0 Å². The van der Waals surface area contributed by atoms with E-state index in [2.05, 4.69) is 20.8 Å². The Bertz CT molecular complexity index is 417. The predicted molar refractivity (Wildman–Crippen MR) is 72.7 cm³/mol. The molecule has 6 atom stereocenters. The van der Waals surface area contributed by atoms with Gasteiger partial charge in [0, 0.05) is 5.56 Å². The normalized spacial score (nSPS) is 42.7. The molecule has 0 radical (unpaired) electrons. The summed E-state index contributed by atoms with van der Waals surface area (Å²) in [5, 5.41) is 0. The van der Waals surface area contributed by atoms with Gasteiger partial charge in [0.2, 0.25) is 0 Å². The van der Waals surface area contributed by atoms with Crippen LogP contribution in [0.1, 0.15) is 32.6 Å². The maximum absolute atomic E-state index is 6.16. The maximum Gasteiger partial charge on any atom is 0.184 e. The molecule has 0 spiro atoms. The van der Waals surface area contributed by atoms with E-state index in [1.54, 1.807) is 0 Å². The standard InChI is InChI=1S/C16H22O3/c1-10-11(2)15-14(18-12(10)3)9-17-16(19-15)13-7-5-4-6-8-13/h4-8,10-12,14-16H,9H2,1-3H3/t10?,11-,12+,14?,15+,16?/m1/s1. The van der Waals surface area contributed by atoms with Gasteiger partial charge in [0.15, 0.2) is 6.29 Å². The van der Waals surface area contributed by atoms with Crippen LogP contribution in [0.4, 0.5) is 0 Å². The predicted octanol–water partition coefficient (Wildman–Crippen LogP) is 3.16. The molecule has 3 heteroatoms. The molecule has 0 bridgehead atoms. The summed E-state index contributed by atoms with van der Waals surface area (Å²) < 4.78 is 18.0. The first-order valence-corrected chi connectivity index (χ1v) is 7.14. The SMILES string of the molecule is CC1[C@H](C)OC2COC(c3ccccc3)O[C@H]2[C@@H]1C. The van der Waals surface area contributed by atoms with Crippen LogP contribution in [0.25, 0.3) is 0 Å². The molecule has 3 nitrogen and oxygen atoms in total. The molecule has 2 aliphatic heterocycles. The molecule has 0 saturated carbocycles. The van der Waals surface area contributed by atoms with Crippen LogP contribution < -0.4 is 0 Å².